The quantitative estimate of drug-likeness (QED) is 0.585. The van der Waals surface area contributed by atoms with Gasteiger partial charge in [-0.15, -0.1) is 0 Å². The molecular formula is C20H28N2O4Si. The standard InChI is InChI=1S/C20H28N2O4Si/c1-12(26-27(6,7)20(3,4)5)16-17-21-15-11-9-8-10-14(15)18(24)22(17)19(16)25-13(2)23/h8-12,16,19H,1-7H3/t12-,16+,19-/m1/s1. The molecule has 27 heavy (non-hydrogen) atoms. The molecule has 7 heteroatoms. The van der Waals surface area contributed by atoms with Gasteiger partial charge < -0.3 is 9.16 Å². The van der Waals surface area contributed by atoms with Crippen LogP contribution in [0.25, 0.3) is 10.9 Å². The highest BCUT2D eigenvalue weighted by Gasteiger charge is 2.49. The van der Waals surface area contributed by atoms with Gasteiger partial charge in [0.1, 0.15) is 5.82 Å². The van der Waals surface area contributed by atoms with Crippen molar-refractivity contribution in [2.75, 3.05) is 0 Å². The molecule has 2 aromatic rings. The number of benzene rings is 1. The van der Waals surface area contributed by atoms with Crippen molar-refractivity contribution in [1.82, 2.24) is 9.55 Å². The Bertz CT molecular complexity index is 945. The highest BCUT2D eigenvalue weighted by atomic mass is 28.4. The number of carbonyl (C=O) groups excluding carboxylic acids is 1. The highest BCUT2D eigenvalue weighted by molar-refractivity contribution is 6.74. The summed E-state index contributed by atoms with van der Waals surface area (Å²) in [6, 6.07) is 7.23. The molecule has 0 fully saturated rings. The Morgan fingerprint density at radius 1 is 1.26 bits per heavy atom. The molecule has 0 N–H and O–H groups in total. The molecule has 3 atom stereocenters. The Morgan fingerprint density at radius 2 is 1.89 bits per heavy atom. The maximum atomic E-state index is 12.9. The summed E-state index contributed by atoms with van der Waals surface area (Å²) in [5, 5.41) is 0.577. The number of fused-ring (bicyclic) bond motifs is 2. The lowest BCUT2D eigenvalue weighted by molar-refractivity contribution is -0.161. The second-order valence-electron chi connectivity index (χ2n) is 8.77. The SMILES string of the molecule is CC(=O)O[C@@H]1[C@@H]([C@@H](C)O[Si](C)(C)C(C)(C)C)c2nc3ccccc3c(=O)n21. The minimum atomic E-state index is -2.03. The van der Waals surface area contributed by atoms with Crippen LogP contribution >= 0.6 is 0 Å². The number of hydrogen-bond acceptors (Lipinski definition) is 5. The highest BCUT2D eigenvalue weighted by Crippen LogP contribution is 2.45. The van der Waals surface area contributed by atoms with Gasteiger partial charge in [-0.3, -0.25) is 14.2 Å². The van der Waals surface area contributed by atoms with Gasteiger partial charge in [0.25, 0.3) is 5.56 Å². The zero-order valence-corrected chi connectivity index (χ0v) is 18.1. The molecule has 3 rings (SSSR count). The van der Waals surface area contributed by atoms with E-state index < -0.39 is 20.5 Å². The number of nitrogens with zero attached hydrogens (tertiary/aromatic N) is 2. The van der Waals surface area contributed by atoms with Gasteiger partial charge in [-0.25, -0.2) is 4.98 Å². The fourth-order valence-corrected chi connectivity index (χ4v) is 4.73. The molecule has 0 saturated carbocycles. The van der Waals surface area contributed by atoms with Gasteiger partial charge in [-0.1, -0.05) is 32.9 Å². The summed E-state index contributed by atoms with van der Waals surface area (Å²) in [7, 11) is -2.03. The third-order valence-corrected chi connectivity index (χ3v) is 10.3. The van der Waals surface area contributed by atoms with Crippen molar-refractivity contribution >= 4 is 25.2 Å². The molecule has 0 unspecified atom stereocenters. The predicted octanol–water partition coefficient (Wildman–Crippen LogP) is 3.97. The van der Waals surface area contributed by atoms with Crippen LogP contribution in [-0.4, -0.2) is 29.9 Å². The zero-order chi connectivity index (χ0) is 20.1. The molecule has 0 aliphatic carbocycles. The third-order valence-electron chi connectivity index (χ3n) is 5.77. The first-order valence-electron chi connectivity index (χ1n) is 9.30. The van der Waals surface area contributed by atoms with Crippen LogP contribution in [0, 0.1) is 0 Å². The van der Waals surface area contributed by atoms with Crippen molar-refractivity contribution in [2.45, 2.75) is 71.0 Å². The van der Waals surface area contributed by atoms with Crippen molar-refractivity contribution in [1.29, 1.82) is 0 Å². The molecule has 6 nitrogen and oxygen atoms in total. The largest absolute Gasteiger partial charge is 0.440 e. The summed E-state index contributed by atoms with van der Waals surface area (Å²) in [6.07, 6.45) is -0.898. The number of aromatic nitrogens is 2. The summed E-state index contributed by atoms with van der Waals surface area (Å²) < 4.78 is 13.5. The minimum Gasteiger partial charge on any atom is -0.440 e. The zero-order valence-electron chi connectivity index (χ0n) is 17.1. The smallest absolute Gasteiger partial charge is 0.304 e. The van der Waals surface area contributed by atoms with E-state index in [1.165, 1.54) is 11.5 Å². The van der Waals surface area contributed by atoms with Crippen molar-refractivity contribution in [3.05, 3.63) is 40.4 Å². The average Bonchev–Trinajstić information content (AvgIpc) is 2.51. The van der Waals surface area contributed by atoms with E-state index in [2.05, 4.69) is 38.8 Å². The summed E-state index contributed by atoms with van der Waals surface area (Å²) >= 11 is 0. The van der Waals surface area contributed by atoms with Crippen molar-refractivity contribution in [3.63, 3.8) is 0 Å². The molecule has 0 saturated heterocycles. The molecule has 1 aromatic carbocycles. The van der Waals surface area contributed by atoms with E-state index >= 15 is 0 Å². The normalized spacial score (nSPS) is 20.7. The van der Waals surface area contributed by atoms with Gasteiger partial charge in [-0.05, 0) is 37.2 Å². The number of carbonyl (C=O) groups is 1. The van der Waals surface area contributed by atoms with E-state index in [-0.39, 0.29) is 22.6 Å². The average molecular weight is 389 g/mol. The first kappa shape index (κ1) is 19.8. The van der Waals surface area contributed by atoms with Crippen LogP contribution in [0.3, 0.4) is 0 Å². The molecule has 2 heterocycles. The Kier molecular flexibility index (Phi) is 4.80. The van der Waals surface area contributed by atoms with E-state index in [1.807, 2.05) is 19.1 Å². The fourth-order valence-electron chi connectivity index (χ4n) is 3.30. The Labute approximate surface area is 160 Å². The van der Waals surface area contributed by atoms with E-state index in [9.17, 15) is 9.59 Å². The maximum Gasteiger partial charge on any atom is 0.304 e. The molecule has 1 aliphatic rings. The first-order valence-corrected chi connectivity index (χ1v) is 12.2. The molecule has 1 aromatic heterocycles. The van der Waals surface area contributed by atoms with Gasteiger partial charge in [0.2, 0.25) is 0 Å². The molecule has 0 amide bonds. The number of ether oxygens (including phenoxy) is 1. The number of esters is 1. The van der Waals surface area contributed by atoms with Gasteiger partial charge in [-0.2, -0.15) is 0 Å². The lowest BCUT2D eigenvalue weighted by Crippen LogP contribution is -2.52. The van der Waals surface area contributed by atoms with Crippen LogP contribution in [0.1, 0.15) is 52.6 Å². The third kappa shape index (κ3) is 3.34. The molecule has 0 bridgehead atoms. The Balaban J connectivity index is 2.04. The van der Waals surface area contributed by atoms with Crippen LogP contribution < -0.4 is 5.56 Å². The second-order valence-corrected chi connectivity index (χ2v) is 13.5. The summed E-state index contributed by atoms with van der Waals surface area (Å²) in [5.74, 6) is -0.0632. The summed E-state index contributed by atoms with van der Waals surface area (Å²) in [5.41, 5.74) is 0.470. The van der Waals surface area contributed by atoms with Crippen molar-refractivity contribution in [2.24, 2.45) is 0 Å². The van der Waals surface area contributed by atoms with Gasteiger partial charge in [0.15, 0.2) is 14.5 Å². The lowest BCUT2D eigenvalue weighted by Gasteiger charge is -2.46. The first-order chi connectivity index (χ1) is 12.4. The number of hydrogen-bond donors (Lipinski definition) is 0. The summed E-state index contributed by atoms with van der Waals surface area (Å²) in [6.45, 7) is 14.2. The van der Waals surface area contributed by atoms with Crippen molar-refractivity contribution < 1.29 is 14.0 Å². The Morgan fingerprint density at radius 3 is 2.48 bits per heavy atom. The van der Waals surface area contributed by atoms with Crippen LogP contribution in [0.2, 0.25) is 18.1 Å². The van der Waals surface area contributed by atoms with Gasteiger partial charge in [0.05, 0.1) is 22.9 Å². The van der Waals surface area contributed by atoms with Crippen LogP contribution in [-0.2, 0) is 14.0 Å². The van der Waals surface area contributed by atoms with E-state index in [0.717, 1.165) is 0 Å². The monoisotopic (exact) mass is 388 g/mol. The molecular weight excluding hydrogens is 360 g/mol. The van der Waals surface area contributed by atoms with Crippen LogP contribution in [0.4, 0.5) is 0 Å². The number of para-hydroxylation sites is 1. The van der Waals surface area contributed by atoms with E-state index in [1.54, 1.807) is 12.1 Å². The number of rotatable bonds is 4. The Hall–Kier alpha value is -1.99. The fraction of sp³-hybridized carbons (Fsp3) is 0.550. The lowest BCUT2D eigenvalue weighted by atomic mass is 9.92. The van der Waals surface area contributed by atoms with Gasteiger partial charge >= 0.3 is 5.97 Å². The topological polar surface area (TPSA) is 70.4 Å². The molecule has 0 spiro atoms. The summed E-state index contributed by atoms with van der Waals surface area (Å²) in [4.78, 5) is 29.2. The van der Waals surface area contributed by atoms with Crippen LogP contribution in [0.5, 0.6) is 0 Å². The molecule has 146 valence electrons. The predicted molar refractivity (Wildman–Crippen MR) is 107 cm³/mol. The minimum absolute atomic E-state index is 0.0540. The van der Waals surface area contributed by atoms with Crippen LogP contribution in [0.15, 0.2) is 29.1 Å². The van der Waals surface area contributed by atoms with E-state index in [4.69, 9.17) is 9.16 Å². The van der Waals surface area contributed by atoms with Gasteiger partial charge in [0, 0.05) is 6.92 Å². The second kappa shape index (κ2) is 6.56. The molecule has 0 radical (unpaired) electrons. The maximum absolute atomic E-state index is 12.9. The molecule has 1 aliphatic heterocycles. The van der Waals surface area contributed by atoms with E-state index in [0.29, 0.717) is 16.7 Å². The van der Waals surface area contributed by atoms with Crippen molar-refractivity contribution in [3.8, 4) is 0 Å².